The number of nitrogens with zero attached hydrogens (tertiary/aromatic N) is 2. The molecule has 0 saturated heterocycles. The van der Waals surface area contributed by atoms with Crippen molar-refractivity contribution in [2.24, 2.45) is 0 Å². The van der Waals surface area contributed by atoms with Gasteiger partial charge in [0.15, 0.2) is 5.85 Å². The number of aromatic nitrogens is 1. The number of benzene rings is 1. The van der Waals surface area contributed by atoms with Crippen LogP contribution in [0.15, 0.2) is 48.8 Å². The molecular formula is C17H23N2O3P. The summed E-state index contributed by atoms with van der Waals surface area (Å²) in [5.74, 6) is -1.21. The normalized spacial score (nSPS) is 15.0. The Labute approximate surface area is 137 Å². The van der Waals surface area contributed by atoms with Crippen molar-refractivity contribution in [3.63, 3.8) is 0 Å². The molecule has 0 fully saturated rings. The fourth-order valence-corrected chi connectivity index (χ4v) is 4.36. The second-order valence-electron chi connectivity index (χ2n) is 5.50. The molecule has 1 aromatic carbocycles. The lowest BCUT2D eigenvalue weighted by molar-refractivity contribution is 0.214. The molecule has 1 N–H and O–H groups in total. The number of hydrogen-bond acceptors (Lipinski definition) is 5. The Morgan fingerprint density at radius 2 is 1.78 bits per heavy atom. The van der Waals surface area contributed by atoms with E-state index in [1.807, 2.05) is 38.1 Å². The molecule has 2 rings (SSSR count). The lowest BCUT2D eigenvalue weighted by atomic mass is 10.3. The van der Waals surface area contributed by atoms with Gasteiger partial charge in [-0.25, -0.2) is 0 Å². The Kier molecular flexibility index (Phi) is 5.94. The van der Waals surface area contributed by atoms with Crippen LogP contribution in [0.5, 0.6) is 0 Å². The summed E-state index contributed by atoms with van der Waals surface area (Å²) in [6.07, 6.45) is 3.86. The Balaban J connectivity index is 2.40. The summed E-state index contributed by atoms with van der Waals surface area (Å²) in [6.45, 7) is 2.27. The largest absolute Gasteiger partial charge is 0.378 e. The zero-order valence-electron chi connectivity index (χ0n) is 13.7. The summed E-state index contributed by atoms with van der Waals surface area (Å²) in [4.78, 5) is 5.89. The topological polar surface area (TPSA) is 62.7 Å². The maximum Gasteiger partial charge on any atom is 0.264 e. The second-order valence-corrected chi connectivity index (χ2v) is 7.95. The van der Waals surface area contributed by atoms with Gasteiger partial charge in [-0.15, -0.1) is 0 Å². The number of anilines is 1. The van der Waals surface area contributed by atoms with E-state index < -0.39 is 13.2 Å². The van der Waals surface area contributed by atoms with E-state index in [4.69, 9.17) is 4.52 Å². The minimum absolute atomic E-state index is 0.328. The molecule has 0 radical (unpaired) electrons. The second kappa shape index (κ2) is 7.73. The summed E-state index contributed by atoms with van der Waals surface area (Å²) in [5, 5.41) is 11.2. The first kappa shape index (κ1) is 17.7. The molecule has 0 amide bonds. The maximum atomic E-state index is 13.4. The van der Waals surface area contributed by atoms with Crippen LogP contribution in [-0.2, 0) is 9.09 Å². The maximum absolute atomic E-state index is 13.4. The quantitative estimate of drug-likeness (QED) is 0.788. The molecule has 0 spiro atoms. The highest BCUT2D eigenvalue weighted by atomic mass is 31.2. The Hall–Kier alpha value is -1.68. The highest BCUT2D eigenvalue weighted by Gasteiger charge is 2.36. The highest BCUT2D eigenvalue weighted by molar-refractivity contribution is 7.67. The van der Waals surface area contributed by atoms with Gasteiger partial charge in [-0.3, -0.25) is 9.55 Å². The van der Waals surface area contributed by atoms with Crippen LogP contribution in [0.3, 0.4) is 0 Å². The SMILES string of the molecule is CCCO[P@](=O)(c1ccc(N(C)C)cc1)[C@@H](O)c1ccncc1. The third-order valence-electron chi connectivity index (χ3n) is 3.54. The van der Waals surface area contributed by atoms with Crippen LogP contribution in [0.2, 0.25) is 0 Å². The van der Waals surface area contributed by atoms with Crippen molar-refractivity contribution in [3.05, 3.63) is 54.4 Å². The van der Waals surface area contributed by atoms with E-state index in [1.54, 1.807) is 36.7 Å². The summed E-state index contributed by atoms with van der Waals surface area (Å²) in [7, 11) is 0.435. The zero-order valence-corrected chi connectivity index (χ0v) is 14.6. The lowest BCUT2D eigenvalue weighted by Crippen LogP contribution is -2.16. The molecule has 5 nitrogen and oxygen atoms in total. The van der Waals surface area contributed by atoms with Gasteiger partial charge < -0.3 is 14.5 Å². The minimum atomic E-state index is -3.44. The van der Waals surface area contributed by atoms with Crippen LogP contribution >= 0.6 is 7.37 Å². The highest BCUT2D eigenvalue weighted by Crippen LogP contribution is 2.57. The first-order valence-corrected chi connectivity index (χ1v) is 9.28. The number of pyridine rings is 1. The van der Waals surface area contributed by atoms with Crippen molar-refractivity contribution in [1.29, 1.82) is 0 Å². The standard InChI is InChI=1S/C17H23N2O3P/c1-4-13-22-23(21,17(20)14-9-11-18-12-10-14)16-7-5-15(6-8-16)19(2)3/h5-12,17,20H,4,13H2,1-3H3/t17-,23-/m1/s1. The van der Waals surface area contributed by atoms with E-state index in [-0.39, 0.29) is 0 Å². The van der Waals surface area contributed by atoms with Crippen molar-refractivity contribution < 1.29 is 14.2 Å². The van der Waals surface area contributed by atoms with Gasteiger partial charge in [-0.2, -0.15) is 0 Å². The van der Waals surface area contributed by atoms with Crippen molar-refractivity contribution in [2.45, 2.75) is 19.2 Å². The summed E-state index contributed by atoms with van der Waals surface area (Å²) in [5.41, 5.74) is 1.53. The van der Waals surface area contributed by atoms with E-state index >= 15 is 0 Å². The van der Waals surface area contributed by atoms with E-state index in [2.05, 4.69) is 4.98 Å². The van der Waals surface area contributed by atoms with Gasteiger partial charge in [0.05, 0.1) is 6.61 Å². The molecule has 1 heterocycles. The van der Waals surface area contributed by atoms with Crippen LogP contribution in [0, 0.1) is 0 Å². The summed E-state index contributed by atoms with van der Waals surface area (Å²) < 4.78 is 19.1. The van der Waals surface area contributed by atoms with Gasteiger partial charge in [0.2, 0.25) is 0 Å². The summed E-state index contributed by atoms with van der Waals surface area (Å²) in [6, 6.07) is 10.6. The minimum Gasteiger partial charge on any atom is -0.378 e. The molecule has 23 heavy (non-hydrogen) atoms. The average molecular weight is 334 g/mol. The molecule has 0 aliphatic carbocycles. The van der Waals surface area contributed by atoms with E-state index in [0.29, 0.717) is 17.5 Å². The first-order valence-electron chi connectivity index (χ1n) is 7.59. The molecule has 124 valence electrons. The van der Waals surface area contributed by atoms with Crippen molar-refractivity contribution in [3.8, 4) is 0 Å². The number of aliphatic hydroxyl groups is 1. The Morgan fingerprint density at radius 3 is 2.30 bits per heavy atom. The van der Waals surface area contributed by atoms with Crippen molar-refractivity contribution >= 4 is 18.4 Å². The number of rotatable bonds is 7. The lowest BCUT2D eigenvalue weighted by Gasteiger charge is -2.25. The van der Waals surface area contributed by atoms with Gasteiger partial charge in [0.25, 0.3) is 7.37 Å². The van der Waals surface area contributed by atoms with Crippen molar-refractivity contribution in [2.75, 3.05) is 25.6 Å². The van der Waals surface area contributed by atoms with E-state index in [1.165, 1.54) is 0 Å². The van der Waals surface area contributed by atoms with Crippen LogP contribution in [0.4, 0.5) is 5.69 Å². The summed E-state index contributed by atoms with van der Waals surface area (Å²) >= 11 is 0. The molecule has 6 heteroatoms. The van der Waals surface area contributed by atoms with E-state index in [0.717, 1.165) is 12.1 Å². The molecular weight excluding hydrogens is 311 g/mol. The predicted molar refractivity (Wildman–Crippen MR) is 93.4 cm³/mol. The van der Waals surface area contributed by atoms with Crippen LogP contribution in [0.1, 0.15) is 24.8 Å². The fourth-order valence-electron chi connectivity index (χ4n) is 2.20. The fraction of sp³-hybridized carbons (Fsp3) is 0.353. The van der Waals surface area contributed by atoms with Gasteiger partial charge in [-0.05, 0) is 48.4 Å². The Bertz CT molecular complexity index is 659. The van der Waals surface area contributed by atoms with Gasteiger partial charge >= 0.3 is 0 Å². The van der Waals surface area contributed by atoms with Gasteiger partial charge in [0.1, 0.15) is 0 Å². The van der Waals surface area contributed by atoms with Crippen LogP contribution in [0.25, 0.3) is 0 Å². The third-order valence-corrected chi connectivity index (χ3v) is 6.07. The van der Waals surface area contributed by atoms with Crippen molar-refractivity contribution in [1.82, 2.24) is 4.98 Å². The van der Waals surface area contributed by atoms with Gasteiger partial charge in [-0.1, -0.05) is 6.92 Å². The molecule has 0 unspecified atom stereocenters. The Morgan fingerprint density at radius 1 is 1.17 bits per heavy atom. The monoisotopic (exact) mass is 334 g/mol. The predicted octanol–water partition coefficient (Wildman–Crippen LogP) is 3.17. The number of hydrogen-bond donors (Lipinski definition) is 1. The third kappa shape index (κ3) is 3.99. The first-order chi connectivity index (χ1) is 11.0. The van der Waals surface area contributed by atoms with E-state index in [9.17, 15) is 9.67 Å². The number of aliphatic hydroxyl groups excluding tert-OH is 1. The van der Waals surface area contributed by atoms with Crippen LogP contribution < -0.4 is 10.2 Å². The van der Waals surface area contributed by atoms with Crippen LogP contribution in [-0.4, -0.2) is 30.8 Å². The molecule has 0 aliphatic rings. The smallest absolute Gasteiger partial charge is 0.264 e. The molecule has 0 saturated carbocycles. The molecule has 0 aliphatic heterocycles. The molecule has 2 aromatic rings. The molecule has 2 atom stereocenters. The average Bonchev–Trinajstić information content (AvgIpc) is 2.59. The van der Waals surface area contributed by atoms with Gasteiger partial charge in [0, 0.05) is 37.5 Å². The zero-order chi connectivity index (χ0) is 16.9. The molecule has 0 bridgehead atoms. The molecule has 1 aromatic heterocycles.